The number of rotatable bonds is 9. The Balaban J connectivity index is 0.000000698. The van der Waals surface area contributed by atoms with Gasteiger partial charge in [0.2, 0.25) is 15.9 Å². The Kier molecular flexibility index (Phi) is 11.3. The first-order chi connectivity index (χ1) is 22.8. The number of carboxylic acids is 1. The third-order valence-electron chi connectivity index (χ3n) is 7.68. The van der Waals surface area contributed by atoms with Crippen LogP contribution in [-0.4, -0.2) is 95.0 Å². The average molecular weight is 722 g/mol. The van der Waals surface area contributed by atoms with Gasteiger partial charge in [-0.2, -0.15) is 30.6 Å². The lowest BCUT2D eigenvalue weighted by Gasteiger charge is -2.34. The van der Waals surface area contributed by atoms with Gasteiger partial charge in [0.25, 0.3) is 5.91 Å². The number of benzene rings is 1. The van der Waals surface area contributed by atoms with Crippen LogP contribution in [0.25, 0.3) is 0 Å². The molecule has 1 aliphatic carbocycles. The number of ether oxygens (including phenoxy) is 1. The third kappa shape index (κ3) is 9.48. The van der Waals surface area contributed by atoms with Gasteiger partial charge >= 0.3 is 18.3 Å². The van der Waals surface area contributed by atoms with Gasteiger partial charge in [-0.25, -0.2) is 18.2 Å². The molecule has 0 atom stereocenters. The fourth-order valence-electron chi connectivity index (χ4n) is 5.16. The van der Waals surface area contributed by atoms with E-state index in [1.54, 1.807) is 30.9 Å². The van der Waals surface area contributed by atoms with E-state index in [9.17, 15) is 39.6 Å². The van der Waals surface area contributed by atoms with Crippen molar-refractivity contribution in [3.63, 3.8) is 0 Å². The number of hydrogen-bond acceptors (Lipinski definition) is 9. The molecule has 1 saturated carbocycles. The van der Waals surface area contributed by atoms with Crippen molar-refractivity contribution < 1.29 is 58.6 Å². The first kappa shape index (κ1) is 37.6. The molecule has 0 bridgehead atoms. The summed E-state index contributed by atoms with van der Waals surface area (Å²) in [7, 11) is -2.35. The number of carbonyl (C=O) groups is 2. The van der Waals surface area contributed by atoms with Gasteiger partial charge in [-0.3, -0.25) is 14.7 Å². The van der Waals surface area contributed by atoms with Crippen LogP contribution in [0.15, 0.2) is 46.0 Å². The highest BCUT2D eigenvalue weighted by Gasteiger charge is 2.41. The van der Waals surface area contributed by atoms with Crippen molar-refractivity contribution >= 4 is 21.9 Å². The van der Waals surface area contributed by atoms with Crippen LogP contribution in [0.5, 0.6) is 5.75 Å². The Hall–Kier alpha value is -4.23. The number of halogens is 6. The molecule has 3 heterocycles. The predicted molar refractivity (Wildman–Crippen MR) is 159 cm³/mol. The minimum Gasteiger partial charge on any atom is -0.497 e. The number of carboxylic acid groups (broad SMARTS) is 1. The smallest absolute Gasteiger partial charge is 0.490 e. The van der Waals surface area contributed by atoms with Crippen molar-refractivity contribution in [3.05, 3.63) is 70.7 Å². The number of piperazine rings is 1. The molecule has 5 rings (SSSR count). The summed E-state index contributed by atoms with van der Waals surface area (Å²) in [5.41, 5.74) is 0.968. The maximum atomic E-state index is 13.8. The summed E-state index contributed by atoms with van der Waals surface area (Å²) in [6, 6.07) is 5.58. The zero-order chi connectivity index (χ0) is 36.3. The van der Waals surface area contributed by atoms with Gasteiger partial charge in [-0.15, -0.1) is 0 Å². The number of aromatic nitrogens is 2. The van der Waals surface area contributed by atoms with E-state index >= 15 is 0 Å². The van der Waals surface area contributed by atoms with E-state index in [1.807, 2.05) is 4.90 Å². The van der Waals surface area contributed by atoms with Gasteiger partial charge in [0.05, 0.1) is 18.6 Å². The number of hydrogen-bond donors (Lipinski definition) is 1. The number of aryl methyl sites for hydroxylation is 2. The number of pyridine rings is 1. The number of alkyl halides is 6. The van der Waals surface area contributed by atoms with Gasteiger partial charge in [0, 0.05) is 45.0 Å². The van der Waals surface area contributed by atoms with Crippen LogP contribution in [0.4, 0.5) is 26.3 Å². The van der Waals surface area contributed by atoms with E-state index in [2.05, 4.69) is 9.97 Å². The molecule has 2 aliphatic rings. The van der Waals surface area contributed by atoms with Gasteiger partial charge in [-0.05, 0) is 61.6 Å². The second kappa shape index (κ2) is 14.7. The van der Waals surface area contributed by atoms with E-state index in [4.69, 9.17) is 19.1 Å². The average Bonchev–Trinajstić information content (AvgIpc) is 3.75. The molecule has 3 aromatic rings. The number of nitrogens with zero attached hydrogens (tertiary/aromatic N) is 5. The van der Waals surface area contributed by atoms with Crippen LogP contribution >= 0.6 is 0 Å². The van der Waals surface area contributed by atoms with Crippen molar-refractivity contribution in [3.8, 4) is 5.75 Å². The molecule has 1 saturated heterocycles. The quantitative estimate of drug-likeness (QED) is 0.310. The third-order valence-corrected chi connectivity index (χ3v) is 9.88. The van der Waals surface area contributed by atoms with E-state index in [0.717, 1.165) is 18.9 Å². The lowest BCUT2D eigenvalue weighted by molar-refractivity contribution is -0.192. The molecular formula is C30H33F6N5O7S. The Labute approximate surface area is 277 Å². The maximum Gasteiger partial charge on any atom is 0.490 e. The molecule has 0 unspecified atom stereocenters. The van der Waals surface area contributed by atoms with Crippen molar-refractivity contribution in [1.29, 1.82) is 0 Å². The number of sulfonamides is 1. The van der Waals surface area contributed by atoms with Crippen molar-refractivity contribution in [2.75, 3.05) is 33.3 Å². The van der Waals surface area contributed by atoms with Crippen LogP contribution in [0.3, 0.4) is 0 Å². The molecule has 268 valence electrons. The molecule has 1 aliphatic heterocycles. The highest BCUT2D eigenvalue weighted by atomic mass is 32.2. The summed E-state index contributed by atoms with van der Waals surface area (Å²) in [5.74, 6) is -2.38. The highest BCUT2D eigenvalue weighted by molar-refractivity contribution is 7.89. The summed E-state index contributed by atoms with van der Waals surface area (Å²) in [6.45, 7) is 5.62. The number of methoxy groups -OCH3 is 1. The number of aliphatic carboxylic acids is 1. The Morgan fingerprint density at radius 3 is 2.10 bits per heavy atom. The molecule has 2 fully saturated rings. The highest BCUT2D eigenvalue weighted by Crippen LogP contribution is 2.36. The zero-order valence-electron chi connectivity index (χ0n) is 26.5. The van der Waals surface area contributed by atoms with Gasteiger partial charge < -0.3 is 19.2 Å². The Bertz CT molecular complexity index is 1730. The lowest BCUT2D eigenvalue weighted by atomic mass is 10.1. The fraction of sp³-hybridized carbons (Fsp3) is 0.467. The fourth-order valence-corrected chi connectivity index (χ4v) is 7.21. The second-order valence-electron chi connectivity index (χ2n) is 11.4. The first-order valence-electron chi connectivity index (χ1n) is 14.8. The zero-order valence-corrected chi connectivity index (χ0v) is 27.3. The molecule has 0 radical (unpaired) electrons. The van der Waals surface area contributed by atoms with Crippen molar-refractivity contribution in [2.45, 2.75) is 63.1 Å². The van der Waals surface area contributed by atoms with E-state index in [-0.39, 0.29) is 35.0 Å². The molecule has 12 nitrogen and oxygen atoms in total. The SMILES string of the molecule is COc1cc(C)c(S(=O)(=O)N(Cc2nc(C(=O)N3CCN(Cc4ccc(C(F)(F)F)nc4)CC3)co2)C2CC2)c(C)c1.O=C(O)C(F)(F)F. The van der Waals surface area contributed by atoms with Crippen LogP contribution < -0.4 is 4.74 Å². The summed E-state index contributed by atoms with van der Waals surface area (Å²) >= 11 is 0. The van der Waals surface area contributed by atoms with Crippen LogP contribution in [0, 0.1) is 13.8 Å². The number of oxazole rings is 1. The van der Waals surface area contributed by atoms with Crippen molar-refractivity contribution in [2.24, 2.45) is 0 Å². The largest absolute Gasteiger partial charge is 0.497 e. The van der Waals surface area contributed by atoms with Crippen LogP contribution in [0.1, 0.15) is 51.6 Å². The van der Waals surface area contributed by atoms with Gasteiger partial charge in [0.1, 0.15) is 17.7 Å². The normalized spacial score (nSPS) is 15.9. The van der Waals surface area contributed by atoms with E-state index < -0.39 is 34.0 Å². The summed E-state index contributed by atoms with van der Waals surface area (Å²) < 4.78 is 110. The predicted octanol–water partition coefficient (Wildman–Crippen LogP) is 4.66. The monoisotopic (exact) mass is 721 g/mol. The first-order valence-corrected chi connectivity index (χ1v) is 16.2. The Morgan fingerprint density at radius 1 is 1.04 bits per heavy atom. The maximum absolute atomic E-state index is 13.8. The van der Waals surface area contributed by atoms with Gasteiger partial charge in [0.15, 0.2) is 5.69 Å². The summed E-state index contributed by atoms with van der Waals surface area (Å²) in [4.78, 5) is 33.7. The van der Waals surface area contributed by atoms with E-state index in [1.165, 1.54) is 29.9 Å². The molecule has 2 aromatic heterocycles. The minimum absolute atomic E-state index is 0.0929. The van der Waals surface area contributed by atoms with Crippen molar-refractivity contribution in [1.82, 2.24) is 24.1 Å². The summed E-state index contributed by atoms with van der Waals surface area (Å²) in [5, 5.41) is 7.12. The minimum atomic E-state index is -5.08. The molecule has 1 aromatic carbocycles. The van der Waals surface area contributed by atoms with E-state index in [0.29, 0.717) is 55.2 Å². The molecule has 1 N–H and O–H groups in total. The topological polar surface area (TPSA) is 146 Å². The Morgan fingerprint density at radius 2 is 1.63 bits per heavy atom. The number of carbonyl (C=O) groups excluding carboxylic acids is 1. The molecule has 0 spiro atoms. The number of amides is 1. The summed E-state index contributed by atoms with van der Waals surface area (Å²) in [6.07, 6.45) is -5.64. The second-order valence-corrected chi connectivity index (χ2v) is 13.2. The standard InChI is InChI=1S/C28H32F3N5O5S.C2HF3O2/c1-18-12-22(40-3)13-19(2)26(18)42(38,39)36(21-5-6-21)16-25-33-23(17-41-25)27(37)35-10-8-34(9-11-35)15-20-4-7-24(32-14-20)28(29,30)31;3-2(4,5)1(6)7/h4,7,12-14,17,21H,5-6,8-11,15-16H2,1-3H3;(H,6,7). The lowest BCUT2D eigenvalue weighted by Crippen LogP contribution is -2.48. The molecular weight excluding hydrogens is 688 g/mol. The van der Waals surface area contributed by atoms with Gasteiger partial charge in [-0.1, -0.05) is 6.07 Å². The molecule has 1 amide bonds. The molecule has 19 heteroatoms. The van der Waals surface area contributed by atoms with Crippen LogP contribution in [0.2, 0.25) is 0 Å². The molecule has 49 heavy (non-hydrogen) atoms. The van der Waals surface area contributed by atoms with Crippen LogP contribution in [-0.2, 0) is 34.1 Å².